The summed E-state index contributed by atoms with van der Waals surface area (Å²) in [5, 5.41) is 4.17. The molecule has 0 aliphatic carbocycles. The molecule has 2 fully saturated rings. The number of rotatable bonds is 3. The Balaban J connectivity index is 0.00000147. The molecule has 5 heteroatoms. The van der Waals surface area contributed by atoms with E-state index < -0.39 is 0 Å². The van der Waals surface area contributed by atoms with E-state index in [2.05, 4.69) is 17.3 Å². The first-order chi connectivity index (χ1) is 9.13. The molecule has 1 N–H and O–H groups in total. The Labute approximate surface area is 131 Å². The van der Waals surface area contributed by atoms with Crippen molar-refractivity contribution in [3.63, 3.8) is 0 Å². The minimum absolute atomic E-state index is 0. The van der Waals surface area contributed by atoms with E-state index in [1.807, 2.05) is 0 Å². The maximum absolute atomic E-state index is 13.8. The van der Waals surface area contributed by atoms with Gasteiger partial charge in [-0.15, -0.1) is 12.4 Å². The van der Waals surface area contributed by atoms with Crippen molar-refractivity contribution in [2.45, 2.75) is 50.4 Å². The highest BCUT2D eigenvalue weighted by Crippen LogP contribution is 2.30. The highest BCUT2D eigenvalue weighted by atomic mass is 35.5. The molecule has 2 aliphatic rings. The largest absolute Gasteiger partial charge is 0.311 e. The van der Waals surface area contributed by atoms with Crippen LogP contribution in [0.5, 0.6) is 0 Å². The van der Waals surface area contributed by atoms with E-state index in [0.717, 1.165) is 0 Å². The van der Waals surface area contributed by atoms with Crippen LogP contribution in [0.2, 0.25) is 5.02 Å². The smallest absolute Gasteiger partial charge is 0.129 e. The van der Waals surface area contributed by atoms with Gasteiger partial charge in [-0.25, -0.2) is 4.39 Å². The number of hydrogen-bond donors (Lipinski definition) is 1. The van der Waals surface area contributed by atoms with Crippen molar-refractivity contribution in [1.29, 1.82) is 0 Å². The Hall–Kier alpha value is -0.350. The molecule has 2 aliphatic heterocycles. The average molecular weight is 319 g/mol. The summed E-state index contributed by atoms with van der Waals surface area (Å²) < 4.78 is 13.8. The van der Waals surface area contributed by atoms with Gasteiger partial charge in [0.05, 0.1) is 0 Å². The Bertz CT molecular complexity index is 437. The van der Waals surface area contributed by atoms with Gasteiger partial charge < -0.3 is 5.32 Å². The van der Waals surface area contributed by atoms with E-state index >= 15 is 0 Å². The summed E-state index contributed by atoms with van der Waals surface area (Å²) in [5.74, 6) is -0.198. The first-order valence-corrected chi connectivity index (χ1v) is 7.40. The van der Waals surface area contributed by atoms with Crippen LogP contribution in [0, 0.1) is 5.82 Å². The van der Waals surface area contributed by atoms with Crippen molar-refractivity contribution >= 4 is 24.0 Å². The van der Waals surface area contributed by atoms with E-state index in [4.69, 9.17) is 11.6 Å². The zero-order chi connectivity index (χ0) is 13.4. The minimum atomic E-state index is -0.198. The van der Waals surface area contributed by atoms with Crippen molar-refractivity contribution in [1.82, 2.24) is 10.2 Å². The van der Waals surface area contributed by atoms with Gasteiger partial charge in [0, 0.05) is 35.3 Å². The number of benzene rings is 1. The summed E-state index contributed by atoms with van der Waals surface area (Å²) in [6, 6.07) is 6.76. The highest BCUT2D eigenvalue weighted by molar-refractivity contribution is 6.31. The van der Waals surface area contributed by atoms with E-state index in [1.54, 1.807) is 12.1 Å². The van der Waals surface area contributed by atoms with Crippen LogP contribution in [-0.2, 0) is 6.54 Å². The van der Waals surface area contributed by atoms with Gasteiger partial charge in [0.25, 0.3) is 0 Å². The van der Waals surface area contributed by atoms with Crippen LogP contribution in [-0.4, -0.2) is 30.1 Å². The second kappa shape index (κ2) is 6.61. The number of halogens is 3. The number of nitrogens with zero attached hydrogens (tertiary/aromatic N) is 1. The maximum atomic E-state index is 13.8. The summed E-state index contributed by atoms with van der Waals surface area (Å²) in [4.78, 5) is 2.26. The molecular weight excluding hydrogens is 298 g/mol. The summed E-state index contributed by atoms with van der Waals surface area (Å²) >= 11 is 6.10. The van der Waals surface area contributed by atoms with Crippen molar-refractivity contribution < 1.29 is 4.39 Å². The van der Waals surface area contributed by atoms with Gasteiger partial charge in [-0.2, -0.15) is 0 Å². The third-order valence-electron chi connectivity index (χ3n) is 4.54. The third kappa shape index (κ3) is 3.28. The van der Waals surface area contributed by atoms with E-state index in [0.29, 0.717) is 35.3 Å². The minimum Gasteiger partial charge on any atom is -0.311 e. The van der Waals surface area contributed by atoms with Crippen LogP contribution < -0.4 is 5.32 Å². The molecule has 0 radical (unpaired) electrons. The first-order valence-electron chi connectivity index (χ1n) is 7.02. The van der Waals surface area contributed by atoms with Crippen molar-refractivity contribution in [2.24, 2.45) is 0 Å². The molecule has 112 valence electrons. The predicted molar refractivity (Wildman–Crippen MR) is 83.1 cm³/mol. The lowest BCUT2D eigenvalue weighted by molar-refractivity contribution is 0.164. The molecule has 3 rings (SSSR count). The molecule has 2 bridgehead atoms. The van der Waals surface area contributed by atoms with Crippen LogP contribution >= 0.6 is 24.0 Å². The molecule has 20 heavy (non-hydrogen) atoms. The number of nitrogens with one attached hydrogen (secondary N) is 1. The first kappa shape index (κ1) is 16.0. The Morgan fingerprint density at radius 2 is 1.95 bits per heavy atom. The third-order valence-corrected chi connectivity index (χ3v) is 4.89. The fourth-order valence-corrected chi connectivity index (χ4v) is 3.67. The molecule has 1 aromatic carbocycles. The van der Waals surface area contributed by atoms with Gasteiger partial charge in [0.15, 0.2) is 0 Å². The molecule has 1 aromatic rings. The van der Waals surface area contributed by atoms with Gasteiger partial charge in [-0.1, -0.05) is 17.7 Å². The molecule has 2 saturated heterocycles. The molecule has 2 heterocycles. The van der Waals surface area contributed by atoms with Crippen LogP contribution in [0.25, 0.3) is 0 Å². The zero-order valence-electron chi connectivity index (χ0n) is 11.6. The molecule has 0 amide bonds. The Morgan fingerprint density at radius 3 is 2.55 bits per heavy atom. The van der Waals surface area contributed by atoms with Crippen molar-refractivity contribution in [3.05, 3.63) is 34.6 Å². The van der Waals surface area contributed by atoms with Gasteiger partial charge in [0.1, 0.15) is 5.82 Å². The van der Waals surface area contributed by atoms with E-state index in [-0.39, 0.29) is 18.2 Å². The zero-order valence-corrected chi connectivity index (χ0v) is 13.2. The summed E-state index contributed by atoms with van der Waals surface area (Å²) in [5.41, 5.74) is 0.623. The second-order valence-electron chi connectivity index (χ2n) is 5.88. The lowest BCUT2D eigenvalue weighted by Crippen LogP contribution is -2.46. The number of piperidine rings is 1. The van der Waals surface area contributed by atoms with Crippen molar-refractivity contribution in [3.8, 4) is 0 Å². The number of fused-ring (bicyclic) bond motifs is 2. The van der Waals surface area contributed by atoms with Crippen LogP contribution in [0.15, 0.2) is 18.2 Å². The summed E-state index contributed by atoms with van der Waals surface area (Å²) in [7, 11) is 2.08. The molecule has 2 atom stereocenters. The SMILES string of the molecule is CN(Cc1c(F)cccc1Cl)C1CC2CCC(C1)N2.Cl. The fourth-order valence-electron chi connectivity index (χ4n) is 3.45. The molecule has 0 aromatic heterocycles. The molecule has 2 unspecified atom stereocenters. The average Bonchev–Trinajstić information content (AvgIpc) is 2.72. The second-order valence-corrected chi connectivity index (χ2v) is 6.29. The van der Waals surface area contributed by atoms with E-state index in [1.165, 1.54) is 31.7 Å². The fraction of sp³-hybridized carbons (Fsp3) is 0.600. The molecule has 0 spiro atoms. The van der Waals surface area contributed by atoms with Crippen molar-refractivity contribution in [2.75, 3.05) is 7.05 Å². The lowest BCUT2D eigenvalue weighted by Gasteiger charge is -2.35. The normalized spacial score (nSPS) is 28.5. The standard InChI is InChI=1S/C15H20ClFN2.ClH/c1-19(9-13-14(16)3-2-4-15(13)17)12-7-10-5-6-11(8-12)18-10;/h2-4,10-12,18H,5-9H2,1H3;1H. The molecule has 0 saturated carbocycles. The molecular formula is C15H21Cl2FN2. The van der Waals surface area contributed by atoms with Crippen LogP contribution in [0.4, 0.5) is 4.39 Å². The summed E-state index contributed by atoms with van der Waals surface area (Å²) in [6.07, 6.45) is 4.91. The number of hydrogen-bond acceptors (Lipinski definition) is 2. The van der Waals surface area contributed by atoms with Crippen LogP contribution in [0.3, 0.4) is 0 Å². The lowest BCUT2D eigenvalue weighted by atomic mass is 9.98. The highest BCUT2D eigenvalue weighted by Gasteiger charge is 2.35. The topological polar surface area (TPSA) is 15.3 Å². The maximum Gasteiger partial charge on any atom is 0.129 e. The van der Waals surface area contributed by atoms with Crippen LogP contribution in [0.1, 0.15) is 31.2 Å². The quantitative estimate of drug-likeness (QED) is 0.915. The van der Waals surface area contributed by atoms with Gasteiger partial charge in [0.2, 0.25) is 0 Å². The van der Waals surface area contributed by atoms with Gasteiger partial charge >= 0.3 is 0 Å². The monoisotopic (exact) mass is 318 g/mol. The van der Waals surface area contributed by atoms with Gasteiger partial charge in [-0.05, 0) is 44.9 Å². The van der Waals surface area contributed by atoms with Gasteiger partial charge in [-0.3, -0.25) is 4.90 Å². The Morgan fingerprint density at radius 1 is 1.30 bits per heavy atom. The molecule has 2 nitrogen and oxygen atoms in total. The predicted octanol–water partition coefficient (Wildman–Crippen LogP) is 3.62. The van der Waals surface area contributed by atoms with E-state index in [9.17, 15) is 4.39 Å². The Kier molecular flexibility index (Phi) is 5.30. The summed E-state index contributed by atoms with van der Waals surface area (Å²) in [6.45, 7) is 0.593.